The van der Waals surface area contributed by atoms with Gasteiger partial charge >= 0.3 is 6.03 Å². The van der Waals surface area contributed by atoms with E-state index in [0.717, 1.165) is 23.6 Å². The largest absolute Gasteiger partial charge is 0.618 e. The van der Waals surface area contributed by atoms with E-state index in [9.17, 15) is 14.8 Å². The van der Waals surface area contributed by atoms with Crippen molar-refractivity contribution in [3.8, 4) is 0 Å². The molecule has 2 aliphatic rings. The molecule has 1 aromatic heterocycles. The van der Waals surface area contributed by atoms with E-state index >= 15 is 0 Å². The van der Waals surface area contributed by atoms with Gasteiger partial charge in [-0.1, -0.05) is 6.42 Å². The normalized spacial score (nSPS) is 26.1. The molecule has 0 aliphatic heterocycles. The Morgan fingerprint density at radius 1 is 1.38 bits per heavy atom. The lowest BCUT2D eigenvalue weighted by Crippen LogP contribution is -2.47. The van der Waals surface area contributed by atoms with Crippen molar-refractivity contribution in [2.75, 3.05) is 5.75 Å². The SMILES string of the molecule is CC(NC(=O)NC(=O)CSc1cccc[n+]1[O-])C1CC2CCC1C2. The first kappa shape index (κ1) is 17.1. The monoisotopic (exact) mass is 349 g/mol. The number of thioether (sulfide) groups is 1. The number of carbonyl (C=O) groups is 2. The Balaban J connectivity index is 1.41. The molecule has 2 bridgehead atoms. The van der Waals surface area contributed by atoms with Crippen molar-refractivity contribution in [2.45, 2.75) is 43.7 Å². The van der Waals surface area contributed by atoms with Crippen molar-refractivity contribution in [1.82, 2.24) is 10.6 Å². The lowest BCUT2D eigenvalue weighted by atomic mass is 9.84. The van der Waals surface area contributed by atoms with Crippen LogP contribution in [-0.4, -0.2) is 23.7 Å². The van der Waals surface area contributed by atoms with Gasteiger partial charge < -0.3 is 10.5 Å². The number of imide groups is 1. The van der Waals surface area contributed by atoms with Crippen LogP contribution in [0.3, 0.4) is 0 Å². The Labute approximate surface area is 146 Å². The zero-order chi connectivity index (χ0) is 17.1. The summed E-state index contributed by atoms with van der Waals surface area (Å²) >= 11 is 1.11. The zero-order valence-corrected chi connectivity index (χ0v) is 14.6. The molecule has 1 heterocycles. The van der Waals surface area contributed by atoms with E-state index in [2.05, 4.69) is 10.6 Å². The number of fused-ring (bicyclic) bond motifs is 2. The number of amides is 3. The van der Waals surface area contributed by atoms with Crippen LogP contribution >= 0.6 is 11.8 Å². The minimum Gasteiger partial charge on any atom is -0.618 e. The van der Waals surface area contributed by atoms with Crippen molar-refractivity contribution in [2.24, 2.45) is 17.8 Å². The van der Waals surface area contributed by atoms with E-state index in [-0.39, 0.29) is 11.8 Å². The molecule has 0 spiro atoms. The third kappa shape index (κ3) is 4.01. The molecule has 2 fully saturated rings. The fraction of sp³-hybridized carbons (Fsp3) is 0.588. The number of aromatic nitrogens is 1. The van der Waals surface area contributed by atoms with Crippen LogP contribution < -0.4 is 15.4 Å². The Morgan fingerprint density at radius 2 is 2.21 bits per heavy atom. The lowest BCUT2D eigenvalue weighted by molar-refractivity contribution is -0.645. The van der Waals surface area contributed by atoms with Crippen molar-refractivity contribution in [1.29, 1.82) is 0 Å². The third-order valence-electron chi connectivity index (χ3n) is 5.19. The Morgan fingerprint density at radius 3 is 2.88 bits per heavy atom. The first-order valence-electron chi connectivity index (χ1n) is 8.44. The maximum Gasteiger partial charge on any atom is 0.321 e. The molecule has 0 saturated heterocycles. The average Bonchev–Trinajstić information content (AvgIpc) is 3.17. The van der Waals surface area contributed by atoms with Crippen LogP contribution in [0.4, 0.5) is 4.79 Å². The van der Waals surface area contributed by atoms with Crippen LogP contribution in [-0.2, 0) is 4.79 Å². The summed E-state index contributed by atoms with van der Waals surface area (Å²) in [5, 5.41) is 17.2. The van der Waals surface area contributed by atoms with Gasteiger partial charge in [0, 0.05) is 18.2 Å². The highest BCUT2D eigenvalue weighted by Crippen LogP contribution is 2.49. The molecule has 2 saturated carbocycles. The number of hydrogen-bond acceptors (Lipinski definition) is 4. The fourth-order valence-electron chi connectivity index (χ4n) is 4.08. The molecule has 3 rings (SSSR count). The highest BCUT2D eigenvalue weighted by atomic mass is 32.2. The number of hydrogen-bond donors (Lipinski definition) is 2. The average molecular weight is 349 g/mol. The van der Waals surface area contributed by atoms with Crippen LogP contribution in [0.2, 0.25) is 0 Å². The number of nitrogens with one attached hydrogen (secondary N) is 2. The number of carbonyl (C=O) groups excluding carboxylic acids is 2. The summed E-state index contributed by atoms with van der Waals surface area (Å²) in [6.07, 6.45) is 6.46. The van der Waals surface area contributed by atoms with Crippen LogP contribution in [0, 0.1) is 23.0 Å². The first-order valence-corrected chi connectivity index (χ1v) is 9.43. The number of nitrogens with zero attached hydrogens (tertiary/aromatic N) is 1. The van der Waals surface area contributed by atoms with E-state index in [1.165, 1.54) is 31.9 Å². The molecule has 1 aromatic rings. The molecule has 24 heavy (non-hydrogen) atoms. The van der Waals surface area contributed by atoms with Crippen molar-refractivity contribution >= 4 is 23.7 Å². The molecule has 2 aliphatic carbocycles. The van der Waals surface area contributed by atoms with Gasteiger partial charge in [0.25, 0.3) is 5.03 Å². The predicted molar refractivity (Wildman–Crippen MR) is 91.2 cm³/mol. The zero-order valence-electron chi connectivity index (χ0n) is 13.7. The second-order valence-corrected chi connectivity index (χ2v) is 7.80. The van der Waals surface area contributed by atoms with Gasteiger partial charge in [-0.2, -0.15) is 4.73 Å². The van der Waals surface area contributed by atoms with E-state index in [1.807, 2.05) is 6.92 Å². The van der Waals surface area contributed by atoms with Gasteiger partial charge in [-0.25, -0.2) is 4.79 Å². The molecule has 4 atom stereocenters. The maximum absolute atomic E-state index is 12.0. The molecule has 2 N–H and O–H groups in total. The number of urea groups is 1. The molecule has 4 unspecified atom stereocenters. The van der Waals surface area contributed by atoms with Gasteiger partial charge in [-0.15, -0.1) is 0 Å². The first-order chi connectivity index (χ1) is 11.5. The molecule has 0 aromatic carbocycles. The van der Waals surface area contributed by atoms with Gasteiger partial charge in [0.1, 0.15) is 0 Å². The summed E-state index contributed by atoms with van der Waals surface area (Å²) in [4.78, 5) is 23.9. The van der Waals surface area contributed by atoms with E-state index < -0.39 is 11.9 Å². The van der Waals surface area contributed by atoms with Gasteiger partial charge in [0.2, 0.25) is 5.91 Å². The molecular weight excluding hydrogens is 326 g/mol. The molecule has 0 radical (unpaired) electrons. The van der Waals surface area contributed by atoms with Crippen LogP contribution in [0.25, 0.3) is 0 Å². The Kier molecular flexibility index (Phi) is 5.28. The van der Waals surface area contributed by atoms with E-state index in [4.69, 9.17) is 0 Å². The molecular formula is C17H23N3O3S. The quantitative estimate of drug-likeness (QED) is 0.484. The van der Waals surface area contributed by atoms with Crippen LogP contribution in [0.5, 0.6) is 0 Å². The summed E-state index contributed by atoms with van der Waals surface area (Å²) < 4.78 is 0.704. The molecule has 7 heteroatoms. The summed E-state index contributed by atoms with van der Waals surface area (Å²) in [5.41, 5.74) is 0. The van der Waals surface area contributed by atoms with Crippen molar-refractivity contribution in [3.63, 3.8) is 0 Å². The highest BCUT2D eigenvalue weighted by molar-refractivity contribution is 7.99. The minimum atomic E-state index is -0.445. The van der Waals surface area contributed by atoms with Gasteiger partial charge in [-0.05, 0) is 61.8 Å². The maximum atomic E-state index is 12.0. The predicted octanol–water partition coefficient (Wildman–Crippen LogP) is 2.06. The van der Waals surface area contributed by atoms with Gasteiger partial charge in [0.15, 0.2) is 6.20 Å². The Hall–Kier alpha value is -1.76. The second kappa shape index (κ2) is 7.42. The summed E-state index contributed by atoms with van der Waals surface area (Å²) in [6.45, 7) is 2.02. The van der Waals surface area contributed by atoms with E-state index in [1.54, 1.807) is 18.2 Å². The van der Waals surface area contributed by atoms with E-state index in [0.29, 0.717) is 15.7 Å². The molecule has 130 valence electrons. The number of rotatable bonds is 5. The van der Waals surface area contributed by atoms with Crippen LogP contribution in [0.15, 0.2) is 29.4 Å². The molecule has 3 amide bonds. The smallest absolute Gasteiger partial charge is 0.321 e. The minimum absolute atomic E-state index is 0.0299. The summed E-state index contributed by atoms with van der Waals surface area (Å²) in [7, 11) is 0. The third-order valence-corrected chi connectivity index (χ3v) is 6.20. The van der Waals surface area contributed by atoms with Gasteiger partial charge in [-0.3, -0.25) is 10.1 Å². The van der Waals surface area contributed by atoms with Crippen molar-refractivity contribution in [3.05, 3.63) is 29.6 Å². The van der Waals surface area contributed by atoms with Crippen molar-refractivity contribution < 1.29 is 14.3 Å². The summed E-state index contributed by atoms with van der Waals surface area (Å²) in [6, 6.07) is 4.64. The standard InChI is InChI=1S/C17H23N3O3S/c1-11(14-9-12-5-6-13(14)8-12)18-17(22)19-15(21)10-24-16-4-2-3-7-20(16)23/h2-4,7,11-14H,5-6,8-10H2,1H3,(H2,18,19,21,22). The second-order valence-electron chi connectivity index (χ2n) is 6.80. The topological polar surface area (TPSA) is 85.1 Å². The summed E-state index contributed by atoms with van der Waals surface area (Å²) in [5.74, 6) is 1.71. The molecule has 6 nitrogen and oxygen atoms in total. The number of pyridine rings is 1. The van der Waals surface area contributed by atoms with Gasteiger partial charge in [0.05, 0.1) is 5.75 Å². The highest BCUT2D eigenvalue weighted by Gasteiger charge is 2.42. The van der Waals surface area contributed by atoms with Crippen LogP contribution in [0.1, 0.15) is 32.6 Å². The Bertz CT molecular complexity index is 625. The fourth-order valence-corrected chi connectivity index (χ4v) is 4.80. The lowest BCUT2D eigenvalue weighted by Gasteiger charge is -2.28.